The number of aliphatic carboxylic acids is 1. The molecule has 0 radical (unpaired) electrons. The Morgan fingerprint density at radius 1 is 1.37 bits per heavy atom. The maximum Gasteiger partial charge on any atom is 0.329 e. The highest BCUT2D eigenvalue weighted by molar-refractivity contribution is 7.99. The summed E-state index contributed by atoms with van der Waals surface area (Å²) in [5, 5.41) is 11.8. The average molecular weight is 284 g/mol. The van der Waals surface area contributed by atoms with Crippen molar-refractivity contribution in [1.82, 2.24) is 10.3 Å². The molecule has 2 rings (SSSR count). The number of carboxylic acids is 1. The molecule has 5 nitrogen and oxygen atoms in total. The van der Waals surface area contributed by atoms with Gasteiger partial charge in [-0.15, -0.1) is 0 Å². The minimum Gasteiger partial charge on any atom is -0.480 e. The van der Waals surface area contributed by atoms with E-state index in [1.807, 2.05) is 0 Å². The molecular weight excluding hydrogens is 271 g/mol. The van der Waals surface area contributed by atoms with Gasteiger partial charge in [-0.2, -0.15) is 11.8 Å². The molecule has 0 aliphatic carbocycles. The molecule has 1 aromatic rings. The highest BCUT2D eigenvalue weighted by Gasteiger charge is 2.41. The van der Waals surface area contributed by atoms with Crippen LogP contribution in [0.4, 0.5) is 4.39 Å². The van der Waals surface area contributed by atoms with E-state index >= 15 is 0 Å². The maximum absolute atomic E-state index is 13.0. The summed E-state index contributed by atoms with van der Waals surface area (Å²) in [6, 6.07) is 1.04. The number of carbonyl (C=O) groups excluding carboxylic acids is 1. The fraction of sp³-hybridized carbons (Fsp3) is 0.417. The summed E-state index contributed by atoms with van der Waals surface area (Å²) in [6.07, 6.45) is 2.93. The molecule has 2 N–H and O–H groups in total. The summed E-state index contributed by atoms with van der Waals surface area (Å²) < 4.78 is 13.0. The van der Waals surface area contributed by atoms with E-state index in [-0.39, 0.29) is 5.56 Å². The van der Waals surface area contributed by atoms with Gasteiger partial charge in [0.1, 0.15) is 11.4 Å². The van der Waals surface area contributed by atoms with Gasteiger partial charge in [-0.3, -0.25) is 9.78 Å². The van der Waals surface area contributed by atoms with Crippen molar-refractivity contribution in [2.75, 3.05) is 11.5 Å². The zero-order chi connectivity index (χ0) is 13.9. The number of rotatable bonds is 3. The summed E-state index contributed by atoms with van der Waals surface area (Å²) in [4.78, 5) is 27.0. The number of amides is 1. The number of pyridine rings is 1. The second-order valence-electron chi connectivity index (χ2n) is 4.35. The highest BCUT2D eigenvalue weighted by Crippen LogP contribution is 2.27. The Labute approximate surface area is 113 Å². The molecule has 0 spiro atoms. The van der Waals surface area contributed by atoms with Crippen LogP contribution in [0, 0.1) is 5.82 Å². The van der Waals surface area contributed by atoms with Crippen LogP contribution in [0.25, 0.3) is 0 Å². The lowest BCUT2D eigenvalue weighted by Crippen LogP contribution is -2.56. The van der Waals surface area contributed by atoms with Gasteiger partial charge in [0.2, 0.25) is 0 Å². The second-order valence-corrected chi connectivity index (χ2v) is 5.57. The van der Waals surface area contributed by atoms with Crippen LogP contribution in [0.3, 0.4) is 0 Å². The number of nitrogens with one attached hydrogen (secondary N) is 1. The lowest BCUT2D eigenvalue weighted by atomic mass is 9.92. The van der Waals surface area contributed by atoms with E-state index in [9.17, 15) is 19.1 Å². The van der Waals surface area contributed by atoms with Gasteiger partial charge in [0.25, 0.3) is 5.91 Å². The van der Waals surface area contributed by atoms with E-state index in [1.165, 1.54) is 6.20 Å². The SMILES string of the molecule is O=C(NC1(C(=O)O)CCSCC1)c1cncc(F)c1. The lowest BCUT2D eigenvalue weighted by Gasteiger charge is -2.33. The van der Waals surface area contributed by atoms with Crippen LogP contribution in [0.1, 0.15) is 23.2 Å². The molecule has 1 fully saturated rings. The van der Waals surface area contributed by atoms with Crippen LogP contribution < -0.4 is 5.32 Å². The smallest absolute Gasteiger partial charge is 0.329 e. The Morgan fingerprint density at radius 3 is 2.63 bits per heavy atom. The number of hydrogen-bond acceptors (Lipinski definition) is 4. The van der Waals surface area contributed by atoms with Crippen molar-refractivity contribution in [2.24, 2.45) is 0 Å². The number of thioether (sulfide) groups is 1. The van der Waals surface area contributed by atoms with Gasteiger partial charge in [0.15, 0.2) is 0 Å². The number of hydrogen-bond donors (Lipinski definition) is 2. The fourth-order valence-corrected chi connectivity index (χ4v) is 3.13. The van der Waals surface area contributed by atoms with Crippen molar-refractivity contribution < 1.29 is 19.1 Å². The van der Waals surface area contributed by atoms with Crippen LogP contribution in [-0.2, 0) is 4.79 Å². The molecule has 0 atom stereocenters. The summed E-state index contributed by atoms with van der Waals surface area (Å²) in [6.45, 7) is 0. The average Bonchev–Trinajstić information content (AvgIpc) is 2.39. The molecule has 2 heterocycles. The number of carbonyl (C=O) groups is 2. The van der Waals surface area contributed by atoms with Gasteiger partial charge >= 0.3 is 5.97 Å². The van der Waals surface area contributed by atoms with Crippen LogP contribution in [0.2, 0.25) is 0 Å². The third-order valence-electron chi connectivity index (χ3n) is 3.08. The zero-order valence-corrected chi connectivity index (χ0v) is 10.9. The van der Waals surface area contributed by atoms with Crippen LogP contribution in [-0.4, -0.2) is 39.0 Å². The van der Waals surface area contributed by atoms with Crippen molar-refractivity contribution in [2.45, 2.75) is 18.4 Å². The summed E-state index contributed by atoms with van der Waals surface area (Å²) >= 11 is 1.65. The summed E-state index contributed by atoms with van der Waals surface area (Å²) in [5.41, 5.74) is -1.23. The molecule has 102 valence electrons. The molecule has 1 aliphatic rings. The summed E-state index contributed by atoms with van der Waals surface area (Å²) in [5.74, 6) is -0.940. The van der Waals surface area contributed by atoms with E-state index < -0.39 is 23.2 Å². The van der Waals surface area contributed by atoms with Gasteiger partial charge in [-0.05, 0) is 30.4 Å². The molecule has 19 heavy (non-hydrogen) atoms. The van der Waals surface area contributed by atoms with E-state index in [2.05, 4.69) is 10.3 Å². The largest absolute Gasteiger partial charge is 0.480 e. The Balaban J connectivity index is 2.18. The Bertz CT molecular complexity index is 504. The number of nitrogens with zero attached hydrogens (tertiary/aromatic N) is 1. The predicted octanol–water partition coefficient (Wildman–Crippen LogP) is 1.30. The van der Waals surface area contributed by atoms with Crippen molar-refractivity contribution in [3.8, 4) is 0 Å². The normalized spacial score (nSPS) is 17.7. The first-order valence-corrected chi connectivity index (χ1v) is 6.93. The van der Waals surface area contributed by atoms with Crippen molar-refractivity contribution >= 4 is 23.6 Å². The van der Waals surface area contributed by atoms with Crippen LogP contribution >= 0.6 is 11.8 Å². The Hall–Kier alpha value is -1.63. The molecule has 1 saturated heterocycles. The minimum absolute atomic E-state index is 0.0267. The van der Waals surface area contributed by atoms with Gasteiger partial charge in [-0.25, -0.2) is 9.18 Å². The first kappa shape index (κ1) is 13.8. The minimum atomic E-state index is -1.26. The maximum atomic E-state index is 13.0. The zero-order valence-electron chi connectivity index (χ0n) is 10.1. The van der Waals surface area contributed by atoms with E-state index in [1.54, 1.807) is 11.8 Å². The molecule has 0 aromatic carbocycles. The second kappa shape index (κ2) is 5.56. The molecule has 0 saturated carbocycles. The van der Waals surface area contributed by atoms with Crippen molar-refractivity contribution in [1.29, 1.82) is 0 Å². The highest BCUT2D eigenvalue weighted by atomic mass is 32.2. The van der Waals surface area contributed by atoms with E-state index in [0.717, 1.165) is 12.3 Å². The first-order chi connectivity index (χ1) is 9.03. The standard InChI is InChI=1S/C12H13FN2O3S/c13-9-5-8(6-14-7-9)10(16)15-12(11(17)18)1-3-19-4-2-12/h5-7H,1-4H2,(H,15,16)(H,17,18). The van der Waals surface area contributed by atoms with Gasteiger partial charge in [-0.1, -0.05) is 0 Å². The monoisotopic (exact) mass is 284 g/mol. The van der Waals surface area contributed by atoms with Gasteiger partial charge in [0, 0.05) is 6.20 Å². The number of carboxylic acid groups (broad SMARTS) is 1. The van der Waals surface area contributed by atoms with Crippen molar-refractivity contribution in [3.05, 3.63) is 29.8 Å². The molecule has 1 amide bonds. The molecule has 0 bridgehead atoms. The number of halogens is 1. The third kappa shape index (κ3) is 3.04. The quantitative estimate of drug-likeness (QED) is 0.874. The van der Waals surface area contributed by atoms with Gasteiger partial charge in [0.05, 0.1) is 11.8 Å². The molecular formula is C12H13FN2O3S. The van der Waals surface area contributed by atoms with Crippen molar-refractivity contribution in [3.63, 3.8) is 0 Å². The summed E-state index contributed by atoms with van der Waals surface area (Å²) in [7, 11) is 0. The fourth-order valence-electron chi connectivity index (χ4n) is 1.94. The lowest BCUT2D eigenvalue weighted by molar-refractivity contribution is -0.144. The molecule has 7 heteroatoms. The molecule has 1 aromatic heterocycles. The Kier molecular flexibility index (Phi) is 4.04. The van der Waals surface area contributed by atoms with E-state index in [0.29, 0.717) is 24.3 Å². The molecule has 0 unspecified atom stereocenters. The topological polar surface area (TPSA) is 79.3 Å². The van der Waals surface area contributed by atoms with Crippen LogP contribution in [0.5, 0.6) is 0 Å². The number of aromatic nitrogens is 1. The van der Waals surface area contributed by atoms with E-state index in [4.69, 9.17) is 0 Å². The third-order valence-corrected chi connectivity index (χ3v) is 4.06. The first-order valence-electron chi connectivity index (χ1n) is 5.78. The predicted molar refractivity (Wildman–Crippen MR) is 68.6 cm³/mol. The molecule has 1 aliphatic heterocycles. The van der Waals surface area contributed by atoms with Gasteiger partial charge < -0.3 is 10.4 Å². The van der Waals surface area contributed by atoms with Crippen LogP contribution in [0.15, 0.2) is 18.5 Å². The Morgan fingerprint density at radius 2 is 2.05 bits per heavy atom.